The fraction of sp³-hybridized carbons (Fsp3) is 0.350. The molecule has 2 aromatic carbocycles. The van der Waals surface area contributed by atoms with Gasteiger partial charge >= 0.3 is 0 Å². The van der Waals surface area contributed by atoms with Crippen LogP contribution in [0.5, 0.6) is 0 Å². The first-order valence-corrected chi connectivity index (χ1v) is 8.47. The van der Waals surface area contributed by atoms with E-state index in [4.69, 9.17) is 0 Å². The zero-order chi connectivity index (χ0) is 16.9. The molecule has 126 valence electrons. The van der Waals surface area contributed by atoms with Crippen molar-refractivity contribution in [3.05, 3.63) is 71.5 Å². The molecule has 1 amide bonds. The molecule has 1 heterocycles. The third-order valence-electron chi connectivity index (χ3n) is 4.70. The van der Waals surface area contributed by atoms with Crippen LogP contribution in [0.2, 0.25) is 0 Å². The largest absolute Gasteiger partial charge is 0.336 e. The van der Waals surface area contributed by atoms with Crippen molar-refractivity contribution in [2.75, 3.05) is 26.2 Å². The molecule has 0 saturated carbocycles. The van der Waals surface area contributed by atoms with Gasteiger partial charge in [0.25, 0.3) is 5.91 Å². The van der Waals surface area contributed by atoms with Crippen LogP contribution in [0.15, 0.2) is 54.6 Å². The number of piperazine rings is 1. The molecule has 0 N–H and O–H groups in total. The highest BCUT2D eigenvalue weighted by Gasteiger charge is 2.25. The van der Waals surface area contributed by atoms with E-state index < -0.39 is 5.82 Å². The van der Waals surface area contributed by atoms with E-state index in [2.05, 4.69) is 36.1 Å². The number of hydrogen-bond acceptors (Lipinski definition) is 2. The number of amides is 1. The van der Waals surface area contributed by atoms with Crippen molar-refractivity contribution in [3.63, 3.8) is 0 Å². The van der Waals surface area contributed by atoms with Crippen LogP contribution in [0.4, 0.5) is 4.39 Å². The number of nitrogens with zero attached hydrogens (tertiary/aromatic N) is 2. The Morgan fingerprint density at radius 2 is 1.62 bits per heavy atom. The lowest BCUT2D eigenvalue weighted by Gasteiger charge is -2.38. The van der Waals surface area contributed by atoms with Crippen molar-refractivity contribution >= 4 is 5.91 Å². The van der Waals surface area contributed by atoms with Gasteiger partial charge in [-0.3, -0.25) is 9.69 Å². The first kappa shape index (κ1) is 16.7. The van der Waals surface area contributed by atoms with E-state index in [0.717, 1.165) is 19.5 Å². The van der Waals surface area contributed by atoms with Crippen LogP contribution in [-0.4, -0.2) is 47.9 Å². The molecule has 1 fully saturated rings. The van der Waals surface area contributed by atoms with Gasteiger partial charge in [-0.15, -0.1) is 0 Å². The predicted molar refractivity (Wildman–Crippen MR) is 93.5 cm³/mol. The molecule has 1 unspecified atom stereocenters. The van der Waals surface area contributed by atoms with Gasteiger partial charge in [-0.25, -0.2) is 4.39 Å². The first-order valence-electron chi connectivity index (χ1n) is 8.47. The van der Waals surface area contributed by atoms with Crippen LogP contribution >= 0.6 is 0 Å². The molecule has 0 radical (unpaired) electrons. The molecule has 2 aromatic rings. The van der Waals surface area contributed by atoms with Crippen LogP contribution in [-0.2, 0) is 6.42 Å². The molecule has 0 bridgehead atoms. The number of rotatable bonds is 4. The smallest absolute Gasteiger partial charge is 0.256 e. The number of benzene rings is 2. The summed E-state index contributed by atoms with van der Waals surface area (Å²) >= 11 is 0. The summed E-state index contributed by atoms with van der Waals surface area (Å²) in [6.07, 6.45) is 1.00. The van der Waals surface area contributed by atoms with Gasteiger partial charge in [0.05, 0.1) is 5.56 Å². The average molecular weight is 326 g/mol. The number of carbonyl (C=O) groups excluding carboxylic acids is 1. The van der Waals surface area contributed by atoms with Crippen LogP contribution in [0, 0.1) is 5.82 Å². The van der Waals surface area contributed by atoms with Crippen molar-refractivity contribution in [1.82, 2.24) is 9.80 Å². The van der Waals surface area contributed by atoms with Gasteiger partial charge in [-0.05, 0) is 31.0 Å². The van der Waals surface area contributed by atoms with Crippen molar-refractivity contribution in [1.29, 1.82) is 0 Å². The van der Waals surface area contributed by atoms with Gasteiger partial charge < -0.3 is 4.90 Å². The second kappa shape index (κ2) is 7.58. The van der Waals surface area contributed by atoms with E-state index in [1.165, 1.54) is 11.6 Å². The maximum Gasteiger partial charge on any atom is 0.256 e. The fourth-order valence-electron chi connectivity index (χ4n) is 3.26. The van der Waals surface area contributed by atoms with Gasteiger partial charge in [0.2, 0.25) is 0 Å². The molecule has 1 saturated heterocycles. The maximum atomic E-state index is 13.8. The zero-order valence-electron chi connectivity index (χ0n) is 14.0. The highest BCUT2D eigenvalue weighted by molar-refractivity contribution is 5.94. The lowest BCUT2D eigenvalue weighted by Crippen LogP contribution is -2.51. The standard InChI is InChI=1S/C20H23FN2O/c1-16(15-17-7-3-2-4-8-17)22-11-13-23(14-12-22)20(24)18-9-5-6-10-19(18)21/h2-10,16H,11-15H2,1H3. The lowest BCUT2D eigenvalue weighted by atomic mass is 10.1. The third-order valence-corrected chi connectivity index (χ3v) is 4.70. The van der Waals surface area contributed by atoms with E-state index in [1.54, 1.807) is 23.1 Å². The predicted octanol–water partition coefficient (Wildman–Crippen LogP) is 3.21. The average Bonchev–Trinajstić information content (AvgIpc) is 2.62. The highest BCUT2D eigenvalue weighted by atomic mass is 19.1. The van der Waals surface area contributed by atoms with Crippen molar-refractivity contribution in [3.8, 4) is 0 Å². The zero-order valence-corrected chi connectivity index (χ0v) is 14.0. The molecular weight excluding hydrogens is 303 g/mol. The normalized spacial score (nSPS) is 16.8. The maximum absolute atomic E-state index is 13.8. The van der Waals surface area contributed by atoms with Gasteiger partial charge in [0.15, 0.2) is 0 Å². The van der Waals surface area contributed by atoms with Crippen molar-refractivity contribution in [2.24, 2.45) is 0 Å². The summed E-state index contributed by atoms with van der Waals surface area (Å²) < 4.78 is 13.8. The third kappa shape index (κ3) is 3.82. The molecular formula is C20H23FN2O. The summed E-state index contributed by atoms with van der Waals surface area (Å²) in [4.78, 5) is 16.6. The van der Waals surface area contributed by atoms with Crippen molar-refractivity contribution < 1.29 is 9.18 Å². The van der Waals surface area contributed by atoms with Crippen LogP contribution < -0.4 is 0 Å². The Labute approximate surface area is 142 Å². The minimum absolute atomic E-state index is 0.170. The quantitative estimate of drug-likeness (QED) is 0.861. The van der Waals surface area contributed by atoms with E-state index in [9.17, 15) is 9.18 Å². The van der Waals surface area contributed by atoms with Crippen LogP contribution in [0.1, 0.15) is 22.8 Å². The summed E-state index contributed by atoms with van der Waals surface area (Å²) in [5.41, 5.74) is 1.50. The minimum atomic E-state index is -0.442. The van der Waals surface area contributed by atoms with Crippen LogP contribution in [0.25, 0.3) is 0 Å². The number of carbonyl (C=O) groups is 1. The summed E-state index contributed by atoms with van der Waals surface area (Å²) in [6, 6.07) is 17.1. The number of halogens is 1. The lowest BCUT2D eigenvalue weighted by molar-refractivity contribution is 0.0578. The Kier molecular flexibility index (Phi) is 5.26. The molecule has 24 heavy (non-hydrogen) atoms. The van der Waals surface area contributed by atoms with Gasteiger partial charge in [-0.2, -0.15) is 0 Å². The van der Waals surface area contributed by atoms with E-state index >= 15 is 0 Å². The van der Waals surface area contributed by atoms with Gasteiger partial charge in [0, 0.05) is 32.2 Å². The molecule has 1 aliphatic rings. The topological polar surface area (TPSA) is 23.6 Å². The Bertz CT molecular complexity index is 681. The number of hydrogen-bond donors (Lipinski definition) is 0. The second-order valence-corrected chi connectivity index (χ2v) is 6.35. The van der Waals surface area contributed by atoms with E-state index in [0.29, 0.717) is 19.1 Å². The Hall–Kier alpha value is -2.20. The SMILES string of the molecule is CC(Cc1ccccc1)N1CCN(C(=O)c2ccccc2F)CC1. The van der Waals surface area contributed by atoms with Gasteiger partial charge in [0.1, 0.15) is 5.82 Å². The molecule has 0 spiro atoms. The summed E-state index contributed by atoms with van der Waals surface area (Å²) in [5.74, 6) is -0.647. The molecule has 0 aliphatic carbocycles. The first-order chi connectivity index (χ1) is 11.6. The van der Waals surface area contributed by atoms with Crippen LogP contribution in [0.3, 0.4) is 0 Å². The van der Waals surface area contributed by atoms with E-state index in [1.807, 2.05) is 6.07 Å². The summed E-state index contributed by atoms with van der Waals surface area (Å²) in [7, 11) is 0. The monoisotopic (exact) mass is 326 g/mol. The Morgan fingerprint density at radius 1 is 1.00 bits per heavy atom. The Balaban J connectivity index is 1.56. The highest BCUT2D eigenvalue weighted by Crippen LogP contribution is 2.15. The second-order valence-electron chi connectivity index (χ2n) is 6.35. The minimum Gasteiger partial charge on any atom is -0.336 e. The molecule has 3 rings (SSSR count). The molecule has 1 atom stereocenters. The van der Waals surface area contributed by atoms with Gasteiger partial charge in [-0.1, -0.05) is 42.5 Å². The fourth-order valence-corrected chi connectivity index (χ4v) is 3.26. The summed E-state index contributed by atoms with van der Waals surface area (Å²) in [5, 5.41) is 0. The van der Waals surface area contributed by atoms with Crippen molar-refractivity contribution in [2.45, 2.75) is 19.4 Å². The molecule has 0 aromatic heterocycles. The van der Waals surface area contributed by atoms with E-state index in [-0.39, 0.29) is 11.5 Å². The summed E-state index contributed by atoms with van der Waals surface area (Å²) in [6.45, 7) is 5.17. The molecule has 3 nitrogen and oxygen atoms in total. The molecule has 1 aliphatic heterocycles. The Morgan fingerprint density at radius 3 is 2.29 bits per heavy atom. The molecule has 4 heteroatoms.